The first-order valence-electron chi connectivity index (χ1n) is 8.27. The highest BCUT2D eigenvalue weighted by Gasteiger charge is 2.15. The van der Waals surface area contributed by atoms with Crippen LogP contribution in [0, 0.1) is 0 Å². The SMILES string of the molecule is CC(C)Nc1nc(NC[C@H]2CCCO2)cc(-c2ccccc2)n1. The second kappa shape index (κ2) is 7.42. The van der Waals surface area contributed by atoms with Gasteiger partial charge in [-0.2, -0.15) is 4.98 Å². The van der Waals surface area contributed by atoms with Gasteiger partial charge in [-0.1, -0.05) is 30.3 Å². The molecule has 0 aliphatic carbocycles. The Hall–Kier alpha value is -2.14. The largest absolute Gasteiger partial charge is 0.376 e. The quantitative estimate of drug-likeness (QED) is 0.854. The van der Waals surface area contributed by atoms with E-state index in [2.05, 4.69) is 46.6 Å². The zero-order chi connectivity index (χ0) is 16.1. The Morgan fingerprint density at radius 3 is 2.74 bits per heavy atom. The van der Waals surface area contributed by atoms with Gasteiger partial charge in [-0.15, -0.1) is 0 Å². The van der Waals surface area contributed by atoms with E-state index in [4.69, 9.17) is 4.74 Å². The summed E-state index contributed by atoms with van der Waals surface area (Å²) < 4.78 is 5.66. The molecule has 23 heavy (non-hydrogen) atoms. The van der Waals surface area contributed by atoms with E-state index in [1.807, 2.05) is 24.3 Å². The van der Waals surface area contributed by atoms with Crippen LogP contribution in [0.15, 0.2) is 36.4 Å². The number of nitrogens with one attached hydrogen (secondary N) is 2. The highest BCUT2D eigenvalue weighted by molar-refractivity contribution is 5.64. The highest BCUT2D eigenvalue weighted by Crippen LogP contribution is 2.22. The fraction of sp³-hybridized carbons (Fsp3) is 0.444. The van der Waals surface area contributed by atoms with Crippen LogP contribution < -0.4 is 10.6 Å². The summed E-state index contributed by atoms with van der Waals surface area (Å²) in [6.07, 6.45) is 2.54. The molecule has 1 fully saturated rings. The zero-order valence-corrected chi connectivity index (χ0v) is 13.7. The van der Waals surface area contributed by atoms with Crippen LogP contribution in [0.5, 0.6) is 0 Å². The fourth-order valence-corrected chi connectivity index (χ4v) is 2.64. The molecule has 2 N–H and O–H groups in total. The molecule has 3 rings (SSSR count). The summed E-state index contributed by atoms with van der Waals surface area (Å²) in [5, 5.41) is 6.68. The topological polar surface area (TPSA) is 59.1 Å². The zero-order valence-electron chi connectivity index (χ0n) is 13.7. The molecule has 5 heteroatoms. The molecule has 1 aromatic carbocycles. The molecule has 1 saturated heterocycles. The number of anilines is 2. The van der Waals surface area contributed by atoms with Crippen LogP contribution in [0.2, 0.25) is 0 Å². The number of nitrogens with zero attached hydrogens (tertiary/aromatic N) is 2. The number of rotatable bonds is 6. The molecule has 0 spiro atoms. The molecule has 0 saturated carbocycles. The van der Waals surface area contributed by atoms with Crippen LogP contribution in [-0.2, 0) is 4.74 Å². The Labute approximate surface area is 137 Å². The van der Waals surface area contributed by atoms with E-state index in [1.165, 1.54) is 0 Å². The molecular weight excluding hydrogens is 288 g/mol. The van der Waals surface area contributed by atoms with Gasteiger partial charge in [0.25, 0.3) is 0 Å². The molecule has 122 valence electrons. The molecule has 0 unspecified atom stereocenters. The molecule has 2 aromatic rings. The third-order valence-corrected chi connectivity index (χ3v) is 3.75. The first-order valence-corrected chi connectivity index (χ1v) is 8.27. The fourth-order valence-electron chi connectivity index (χ4n) is 2.64. The lowest BCUT2D eigenvalue weighted by Gasteiger charge is -2.15. The van der Waals surface area contributed by atoms with Gasteiger partial charge in [0, 0.05) is 30.8 Å². The summed E-state index contributed by atoms with van der Waals surface area (Å²) in [5.41, 5.74) is 2.00. The van der Waals surface area contributed by atoms with Crippen molar-refractivity contribution in [3.63, 3.8) is 0 Å². The van der Waals surface area contributed by atoms with E-state index in [9.17, 15) is 0 Å². The minimum atomic E-state index is 0.284. The summed E-state index contributed by atoms with van der Waals surface area (Å²) in [6.45, 7) is 5.81. The van der Waals surface area contributed by atoms with Gasteiger partial charge in [0.05, 0.1) is 11.8 Å². The standard InChI is InChI=1S/C18H24N4O/c1-13(2)20-18-21-16(14-7-4-3-5-8-14)11-17(22-18)19-12-15-9-6-10-23-15/h3-5,7-8,11,13,15H,6,9-10,12H2,1-2H3,(H2,19,20,21,22)/t15-/m1/s1. The number of aromatic nitrogens is 2. The van der Waals surface area contributed by atoms with Crippen molar-refractivity contribution in [3.8, 4) is 11.3 Å². The predicted octanol–water partition coefficient (Wildman–Crippen LogP) is 3.55. The van der Waals surface area contributed by atoms with Crippen molar-refractivity contribution in [2.45, 2.75) is 38.8 Å². The molecule has 1 aliphatic heterocycles. The molecule has 1 aliphatic rings. The maximum absolute atomic E-state index is 5.66. The van der Waals surface area contributed by atoms with Gasteiger partial charge < -0.3 is 15.4 Å². The second-order valence-corrected chi connectivity index (χ2v) is 6.14. The maximum atomic E-state index is 5.66. The number of hydrogen-bond acceptors (Lipinski definition) is 5. The van der Waals surface area contributed by atoms with Gasteiger partial charge in [0.2, 0.25) is 5.95 Å². The number of ether oxygens (including phenoxy) is 1. The summed E-state index contributed by atoms with van der Waals surface area (Å²) in [5.74, 6) is 1.48. The van der Waals surface area contributed by atoms with Gasteiger partial charge in [-0.05, 0) is 26.7 Å². The predicted molar refractivity (Wildman–Crippen MR) is 93.7 cm³/mol. The summed E-state index contributed by atoms with van der Waals surface area (Å²) in [7, 11) is 0. The van der Waals surface area contributed by atoms with E-state index in [-0.39, 0.29) is 12.1 Å². The molecule has 2 heterocycles. The van der Waals surface area contributed by atoms with Crippen LogP contribution in [-0.4, -0.2) is 35.3 Å². The van der Waals surface area contributed by atoms with Crippen molar-refractivity contribution in [1.82, 2.24) is 9.97 Å². The van der Waals surface area contributed by atoms with Gasteiger partial charge >= 0.3 is 0 Å². The van der Waals surface area contributed by atoms with E-state index in [1.54, 1.807) is 0 Å². The third kappa shape index (κ3) is 4.42. The monoisotopic (exact) mass is 312 g/mol. The van der Waals surface area contributed by atoms with Gasteiger partial charge in [-0.25, -0.2) is 4.98 Å². The Bertz CT molecular complexity index is 624. The van der Waals surface area contributed by atoms with Gasteiger partial charge in [-0.3, -0.25) is 0 Å². The average molecular weight is 312 g/mol. The molecule has 0 radical (unpaired) electrons. The van der Waals surface area contributed by atoms with Crippen LogP contribution in [0.4, 0.5) is 11.8 Å². The van der Waals surface area contributed by atoms with E-state index >= 15 is 0 Å². The van der Waals surface area contributed by atoms with E-state index in [0.717, 1.165) is 43.1 Å². The highest BCUT2D eigenvalue weighted by atomic mass is 16.5. The van der Waals surface area contributed by atoms with Crippen LogP contribution >= 0.6 is 0 Å². The molecule has 1 atom stereocenters. The maximum Gasteiger partial charge on any atom is 0.225 e. The molecule has 1 aromatic heterocycles. The Balaban J connectivity index is 1.81. The lowest BCUT2D eigenvalue weighted by atomic mass is 10.1. The average Bonchev–Trinajstić information content (AvgIpc) is 3.06. The first-order chi connectivity index (χ1) is 11.2. The summed E-state index contributed by atoms with van der Waals surface area (Å²) in [4.78, 5) is 9.20. The summed E-state index contributed by atoms with van der Waals surface area (Å²) >= 11 is 0. The van der Waals surface area contributed by atoms with Crippen molar-refractivity contribution >= 4 is 11.8 Å². The first kappa shape index (κ1) is 15.7. The Kier molecular flexibility index (Phi) is 5.08. The lowest BCUT2D eigenvalue weighted by molar-refractivity contribution is 0.120. The van der Waals surface area contributed by atoms with E-state index in [0.29, 0.717) is 5.95 Å². The normalized spacial score (nSPS) is 17.4. The van der Waals surface area contributed by atoms with E-state index < -0.39 is 0 Å². The lowest BCUT2D eigenvalue weighted by Crippen LogP contribution is -2.20. The minimum Gasteiger partial charge on any atom is -0.376 e. The molecular formula is C18H24N4O. The van der Waals surface area contributed by atoms with Crippen molar-refractivity contribution in [2.24, 2.45) is 0 Å². The van der Waals surface area contributed by atoms with Crippen LogP contribution in [0.25, 0.3) is 11.3 Å². The van der Waals surface area contributed by atoms with Crippen molar-refractivity contribution < 1.29 is 4.74 Å². The number of benzene rings is 1. The van der Waals surface area contributed by atoms with Gasteiger partial charge in [0.15, 0.2) is 0 Å². The number of hydrogen-bond donors (Lipinski definition) is 2. The third-order valence-electron chi connectivity index (χ3n) is 3.75. The summed E-state index contributed by atoms with van der Waals surface area (Å²) in [6, 6.07) is 12.5. The minimum absolute atomic E-state index is 0.284. The Morgan fingerprint density at radius 2 is 2.04 bits per heavy atom. The Morgan fingerprint density at radius 1 is 1.22 bits per heavy atom. The molecule has 0 amide bonds. The van der Waals surface area contributed by atoms with Crippen molar-refractivity contribution in [3.05, 3.63) is 36.4 Å². The van der Waals surface area contributed by atoms with Crippen LogP contribution in [0.1, 0.15) is 26.7 Å². The van der Waals surface area contributed by atoms with Crippen molar-refractivity contribution in [2.75, 3.05) is 23.8 Å². The molecule has 5 nitrogen and oxygen atoms in total. The van der Waals surface area contributed by atoms with Gasteiger partial charge in [0.1, 0.15) is 5.82 Å². The molecule has 0 bridgehead atoms. The van der Waals surface area contributed by atoms with Crippen molar-refractivity contribution in [1.29, 1.82) is 0 Å². The second-order valence-electron chi connectivity index (χ2n) is 6.14. The smallest absolute Gasteiger partial charge is 0.225 e. The van der Waals surface area contributed by atoms with Crippen LogP contribution in [0.3, 0.4) is 0 Å².